The van der Waals surface area contributed by atoms with Gasteiger partial charge in [0.1, 0.15) is 12.4 Å². The number of anilines is 1. The SMILES string of the molecule is C=C1COC(c2nc(-c3ccc(F)cc3)c(-c3ccnc(NCC(=O)O)n3)[nH]2)OC1. The van der Waals surface area contributed by atoms with E-state index in [2.05, 4.69) is 31.8 Å². The van der Waals surface area contributed by atoms with E-state index in [9.17, 15) is 9.18 Å². The van der Waals surface area contributed by atoms with E-state index in [-0.39, 0.29) is 18.3 Å². The highest BCUT2D eigenvalue weighted by Crippen LogP contribution is 2.33. The normalized spacial score (nSPS) is 14.6. The molecule has 30 heavy (non-hydrogen) atoms. The van der Waals surface area contributed by atoms with Crippen molar-refractivity contribution in [1.82, 2.24) is 19.9 Å². The van der Waals surface area contributed by atoms with Crippen LogP contribution in [-0.2, 0) is 14.3 Å². The maximum absolute atomic E-state index is 13.4. The summed E-state index contributed by atoms with van der Waals surface area (Å²) >= 11 is 0. The van der Waals surface area contributed by atoms with Crippen LogP contribution in [0.15, 0.2) is 48.7 Å². The Hall–Kier alpha value is -3.63. The number of carboxylic acids is 1. The minimum absolute atomic E-state index is 0.151. The van der Waals surface area contributed by atoms with E-state index < -0.39 is 12.3 Å². The molecule has 3 aromatic rings. The first-order chi connectivity index (χ1) is 14.5. The van der Waals surface area contributed by atoms with Crippen molar-refractivity contribution in [3.63, 3.8) is 0 Å². The van der Waals surface area contributed by atoms with E-state index in [1.165, 1.54) is 18.3 Å². The van der Waals surface area contributed by atoms with Crippen LogP contribution in [0.3, 0.4) is 0 Å². The molecule has 2 aromatic heterocycles. The average molecular weight is 411 g/mol. The summed E-state index contributed by atoms with van der Waals surface area (Å²) in [6, 6.07) is 7.54. The van der Waals surface area contributed by atoms with Gasteiger partial charge in [-0.25, -0.2) is 19.3 Å². The Balaban J connectivity index is 1.73. The number of aliphatic carboxylic acids is 1. The second-order valence-electron chi connectivity index (χ2n) is 6.57. The maximum Gasteiger partial charge on any atom is 0.322 e. The van der Waals surface area contributed by atoms with Gasteiger partial charge in [-0.05, 0) is 35.9 Å². The van der Waals surface area contributed by atoms with Gasteiger partial charge in [-0.15, -0.1) is 0 Å². The molecule has 1 fully saturated rings. The minimum atomic E-state index is -1.03. The van der Waals surface area contributed by atoms with Crippen molar-refractivity contribution in [2.24, 2.45) is 0 Å². The quantitative estimate of drug-likeness (QED) is 0.529. The lowest BCUT2D eigenvalue weighted by molar-refractivity contribution is -0.165. The molecule has 1 aromatic carbocycles. The molecular weight excluding hydrogens is 393 g/mol. The first-order valence-corrected chi connectivity index (χ1v) is 9.04. The van der Waals surface area contributed by atoms with Crippen molar-refractivity contribution < 1.29 is 23.8 Å². The molecule has 0 aliphatic carbocycles. The molecule has 0 amide bonds. The summed E-state index contributed by atoms with van der Waals surface area (Å²) in [7, 11) is 0. The van der Waals surface area contributed by atoms with E-state index in [4.69, 9.17) is 14.6 Å². The van der Waals surface area contributed by atoms with Gasteiger partial charge in [0, 0.05) is 11.8 Å². The molecule has 0 radical (unpaired) electrons. The molecule has 0 bridgehead atoms. The van der Waals surface area contributed by atoms with Crippen LogP contribution in [0.5, 0.6) is 0 Å². The van der Waals surface area contributed by atoms with Crippen LogP contribution in [0.25, 0.3) is 22.6 Å². The molecule has 1 saturated heterocycles. The molecule has 4 rings (SSSR count). The second-order valence-corrected chi connectivity index (χ2v) is 6.57. The number of H-pyrrole nitrogens is 1. The van der Waals surface area contributed by atoms with Gasteiger partial charge in [-0.2, -0.15) is 0 Å². The third-order valence-electron chi connectivity index (χ3n) is 4.25. The lowest BCUT2D eigenvalue weighted by Crippen LogP contribution is -2.20. The van der Waals surface area contributed by atoms with E-state index >= 15 is 0 Å². The number of rotatable bonds is 6. The van der Waals surface area contributed by atoms with Crippen molar-refractivity contribution in [3.8, 4) is 22.6 Å². The summed E-state index contributed by atoms with van der Waals surface area (Å²) in [6.07, 6.45) is 0.786. The molecule has 0 unspecified atom stereocenters. The van der Waals surface area contributed by atoms with Crippen molar-refractivity contribution in [3.05, 3.63) is 60.3 Å². The van der Waals surface area contributed by atoms with Crippen LogP contribution in [-0.4, -0.2) is 50.8 Å². The van der Waals surface area contributed by atoms with Crippen LogP contribution in [0.1, 0.15) is 12.1 Å². The molecule has 9 nitrogen and oxygen atoms in total. The number of imidazole rings is 1. The van der Waals surface area contributed by atoms with Crippen molar-refractivity contribution in [2.45, 2.75) is 6.29 Å². The molecule has 0 saturated carbocycles. The lowest BCUT2D eigenvalue weighted by Gasteiger charge is -2.22. The first kappa shape index (κ1) is 19.7. The predicted octanol–water partition coefficient (Wildman–Crippen LogP) is 2.77. The Morgan fingerprint density at radius 3 is 2.67 bits per heavy atom. The van der Waals surface area contributed by atoms with Gasteiger partial charge in [0.25, 0.3) is 0 Å². The lowest BCUT2D eigenvalue weighted by atomic mass is 10.1. The highest BCUT2D eigenvalue weighted by molar-refractivity contribution is 5.77. The fourth-order valence-corrected chi connectivity index (χ4v) is 2.88. The fourth-order valence-electron chi connectivity index (χ4n) is 2.88. The Bertz CT molecular complexity index is 1070. The molecule has 0 atom stereocenters. The number of ether oxygens (including phenoxy) is 2. The van der Waals surface area contributed by atoms with E-state index in [1.807, 2.05) is 0 Å². The minimum Gasteiger partial charge on any atom is -0.480 e. The Kier molecular flexibility index (Phi) is 5.50. The molecule has 3 heterocycles. The van der Waals surface area contributed by atoms with Gasteiger partial charge in [-0.3, -0.25) is 4.79 Å². The standard InChI is InChI=1S/C20H18FN5O4/c1-11-9-29-19(30-10-11)18-25-16(12-2-4-13(21)5-3-12)17(26-18)14-6-7-22-20(24-14)23-8-15(27)28/h2-7,19H,1,8-10H2,(H,25,26)(H,27,28)(H,22,23,24). The fraction of sp³-hybridized carbons (Fsp3) is 0.200. The topological polar surface area (TPSA) is 122 Å². The summed E-state index contributed by atoms with van der Waals surface area (Å²) in [5.74, 6) is -0.822. The van der Waals surface area contributed by atoms with Crippen LogP contribution in [0, 0.1) is 5.82 Å². The number of nitrogens with zero attached hydrogens (tertiary/aromatic N) is 3. The number of hydrogen-bond acceptors (Lipinski definition) is 7. The maximum atomic E-state index is 13.4. The predicted molar refractivity (Wildman–Crippen MR) is 105 cm³/mol. The van der Waals surface area contributed by atoms with E-state index in [0.29, 0.717) is 41.7 Å². The third-order valence-corrected chi connectivity index (χ3v) is 4.25. The van der Waals surface area contributed by atoms with Gasteiger partial charge in [0.2, 0.25) is 12.2 Å². The highest BCUT2D eigenvalue weighted by atomic mass is 19.1. The van der Waals surface area contributed by atoms with Crippen LogP contribution >= 0.6 is 0 Å². The van der Waals surface area contributed by atoms with E-state index in [0.717, 1.165) is 5.57 Å². The average Bonchev–Trinajstić information content (AvgIpc) is 3.19. The van der Waals surface area contributed by atoms with Gasteiger partial charge < -0.3 is 24.9 Å². The summed E-state index contributed by atoms with van der Waals surface area (Å²) in [5.41, 5.74) is 3.00. The Morgan fingerprint density at radius 2 is 1.97 bits per heavy atom. The largest absolute Gasteiger partial charge is 0.480 e. The molecule has 154 valence electrons. The zero-order chi connectivity index (χ0) is 21.1. The Labute approximate surface area is 170 Å². The van der Waals surface area contributed by atoms with Crippen LogP contribution < -0.4 is 5.32 Å². The van der Waals surface area contributed by atoms with Gasteiger partial charge in [-0.1, -0.05) is 6.58 Å². The molecular formula is C20H18FN5O4. The monoisotopic (exact) mass is 411 g/mol. The molecule has 10 heteroatoms. The van der Waals surface area contributed by atoms with Crippen molar-refractivity contribution in [2.75, 3.05) is 25.1 Å². The molecule has 3 N–H and O–H groups in total. The number of hydrogen-bond donors (Lipinski definition) is 3. The number of nitrogens with one attached hydrogen (secondary N) is 2. The summed E-state index contributed by atoms with van der Waals surface area (Å²) in [6.45, 7) is 4.20. The number of halogens is 1. The zero-order valence-electron chi connectivity index (χ0n) is 15.8. The number of aromatic nitrogens is 4. The number of benzene rings is 1. The smallest absolute Gasteiger partial charge is 0.322 e. The highest BCUT2D eigenvalue weighted by Gasteiger charge is 2.25. The summed E-state index contributed by atoms with van der Waals surface area (Å²) < 4.78 is 24.7. The second kappa shape index (κ2) is 8.39. The van der Waals surface area contributed by atoms with E-state index in [1.54, 1.807) is 18.2 Å². The van der Waals surface area contributed by atoms with Crippen molar-refractivity contribution in [1.29, 1.82) is 0 Å². The molecule has 1 aliphatic heterocycles. The molecule has 1 aliphatic rings. The zero-order valence-corrected chi connectivity index (χ0v) is 15.8. The molecule has 0 spiro atoms. The number of aromatic amines is 1. The van der Waals surface area contributed by atoms with Gasteiger partial charge in [0.05, 0.1) is 30.3 Å². The van der Waals surface area contributed by atoms with Crippen LogP contribution in [0.2, 0.25) is 0 Å². The summed E-state index contributed by atoms with van der Waals surface area (Å²) in [5, 5.41) is 11.5. The first-order valence-electron chi connectivity index (χ1n) is 9.04. The number of carboxylic acid groups (broad SMARTS) is 1. The van der Waals surface area contributed by atoms with Gasteiger partial charge >= 0.3 is 5.97 Å². The van der Waals surface area contributed by atoms with Crippen LogP contribution in [0.4, 0.5) is 10.3 Å². The van der Waals surface area contributed by atoms with Crippen molar-refractivity contribution >= 4 is 11.9 Å². The summed E-state index contributed by atoms with van der Waals surface area (Å²) in [4.78, 5) is 27.0. The Morgan fingerprint density at radius 1 is 1.23 bits per heavy atom. The number of carbonyl (C=O) groups is 1. The van der Waals surface area contributed by atoms with Gasteiger partial charge in [0.15, 0.2) is 5.82 Å². The third kappa shape index (κ3) is 4.34.